The Morgan fingerprint density at radius 1 is 1.48 bits per heavy atom. The largest absolute Gasteiger partial charge is 0.481 e. The second-order valence-corrected chi connectivity index (χ2v) is 6.50. The van der Waals surface area contributed by atoms with Crippen LogP contribution >= 0.6 is 35.6 Å². The van der Waals surface area contributed by atoms with Gasteiger partial charge in [0.25, 0.3) is 5.91 Å². The molecule has 0 saturated carbocycles. The van der Waals surface area contributed by atoms with Crippen LogP contribution < -0.4 is 0 Å². The summed E-state index contributed by atoms with van der Waals surface area (Å²) in [5.41, 5.74) is 0.827. The summed E-state index contributed by atoms with van der Waals surface area (Å²) in [4.78, 5) is 24.7. The Hall–Kier alpha value is -1.37. The van der Waals surface area contributed by atoms with Crippen molar-refractivity contribution in [1.82, 2.24) is 4.90 Å². The molecule has 110 valence electrons. The lowest BCUT2D eigenvalue weighted by Crippen LogP contribution is -2.29. The first-order chi connectivity index (χ1) is 9.97. The number of nitrogens with zero attached hydrogens (tertiary/aromatic N) is 1. The van der Waals surface area contributed by atoms with E-state index in [-0.39, 0.29) is 12.3 Å². The lowest BCUT2D eigenvalue weighted by Gasteiger charge is -2.13. The van der Waals surface area contributed by atoms with Crippen molar-refractivity contribution >= 4 is 57.9 Å². The average Bonchev–Trinajstić information content (AvgIpc) is 2.66. The number of benzene rings is 1. The van der Waals surface area contributed by atoms with Gasteiger partial charge in [0.1, 0.15) is 4.32 Å². The van der Waals surface area contributed by atoms with Crippen molar-refractivity contribution in [2.75, 3.05) is 6.54 Å². The minimum absolute atomic E-state index is 0.0183. The second kappa shape index (κ2) is 7.06. The number of hydrogen-bond acceptors (Lipinski definition) is 4. The summed E-state index contributed by atoms with van der Waals surface area (Å²) in [6.45, 7) is 0.323. The fourth-order valence-corrected chi connectivity index (χ4v) is 3.34. The molecule has 0 aliphatic carbocycles. The van der Waals surface area contributed by atoms with Crippen molar-refractivity contribution in [1.29, 1.82) is 0 Å². The van der Waals surface area contributed by atoms with Gasteiger partial charge in [-0.3, -0.25) is 14.5 Å². The van der Waals surface area contributed by atoms with E-state index in [0.29, 0.717) is 27.2 Å². The van der Waals surface area contributed by atoms with Crippen LogP contribution in [0.2, 0.25) is 5.02 Å². The summed E-state index contributed by atoms with van der Waals surface area (Å²) in [5, 5.41) is 9.22. The molecule has 1 aliphatic heterocycles. The van der Waals surface area contributed by atoms with Crippen LogP contribution in [0, 0.1) is 0 Å². The van der Waals surface area contributed by atoms with Gasteiger partial charge in [-0.05, 0) is 30.2 Å². The first-order valence-electron chi connectivity index (χ1n) is 6.20. The predicted molar refractivity (Wildman–Crippen MR) is 88.2 cm³/mol. The first-order valence-corrected chi connectivity index (χ1v) is 7.80. The zero-order valence-corrected chi connectivity index (χ0v) is 13.3. The molecule has 0 aromatic heterocycles. The summed E-state index contributed by atoms with van der Waals surface area (Å²) in [7, 11) is 0. The standard InChI is InChI=1S/C14H12ClNO3S2/c15-10-4-1-3-9(7-10)8-11-13(19)16(14(20)21-11)6-2-5-12(17)18/h1,3-4,7-8H,2,5-6H2,(H,17,18). The van der Waals surface area contributed by atoms with Gasteiger partial charge in [-0.25, -0.2) is 0 Å². The van der Waals surface area contributed by atoms with E-state index in [1.54, 1.807) is 18.2 Å². The molecule has 1 aromatic carbocycles. The maximum absolute atomic E-state index is 12.2. The molecule has 2 rings (SSSR count). The molecule has 0 bridgehead atoms. The van der Waals surface area contributed by atoms with Crippen molar-refractivity contribution in [3.8, 4) is 0 Å². The Morgan fingerprint density at radius 2 is 2.24 bits per heavy atom. The van der Waals surface area contributed by atoms with Crippen molar-refractivity contribution in [2.45, 2.75) is 12.8 Å². The SMILES string of the molecule is O=C(O)CCCN1C(=O)C(=Cc2cccc(Cl)c2)SC1=S. The Kier molecular flexibility index (Phi) is 5.39. The number of halogens is 1. The molecule has 1 saturated heterocycles. The Labute approximate surface area is 136 Å². The van der Waals surface area contributed by atoms with Gasteiger partial charge in [0, 0.05) is 18.0 Å². The van der Waals surface area contributed by atoms with Crippen molar-refractivity contribution in [3.05, 3.63) is 39.8 Å². The van der Waals surface area contributed by atoms with E-state index in [4.69, 9.17) is 28.9 Å². The molecule has 0 unspecified atom stereocenters. The second-order valence-electron chi connectivity index (χ2n) is 4.39. The number of carboxylic acids is 1. The molecular formula is C14H12ClNO3S2. The maximum atomic E-state index is 12.2. The van der Waals surface area contributed by atoms with E-state index in [1.165, 1.54) is 16.7 Å². The van der Waals surface area contributed by atoms with Gasteiger partial charge in [-0.1, -0.05) is 47.7 Å². The number of thiocarbonyl (C=S) groups is 1. The Bertz CT molecular complexity index is 630. The van der Waals surface area contributed by atoms with Crippen LogP contribution in [0.4, 0.5) is 0 Å². The minimum Gasteiger partial charge on any atom is -0.481 e. The zero-order chi connectivity index (χ0) is 15.4. The lowest BCUT2D eigenvalue weighted by atomic mass is 10.2. The monoisotopic (exact) mass is 341 g/mol. The third-order valence-corrected chi connectivity index (χ3v) is 4.41. The van der Waals surface area contributed by atoms with Crippen LogP contribution in [-0.2, 0) is 9.59 Å². The molecule has 7 heteroatoms. The highest BCUT2D eigenvalue weighted by Crippen LogP contribution is 2.32. The zero-order valence-electron chi connectivity index (χ0n) is 10.9. The minimum atomic E-state index is -0.880. The number of thioether (sulfide) groups is 1. The van der Waals surface area contributed by atoms with E-state index in [9.17, 15) is 9.59 Å². The quantitative estimate of drug-likeness (QED) is 0.657. The molecule has 1 aromatic rings. The van der Waals surface area contributed by atoms with Gasteiger partial charge in [-0.15, -0.1) is 0 Å². The van der Waals surface area contributed by atoms with E-state index in [0.717, 1.165) is 5.56 Å². The molecule has 1 fully saturated rings. The summed E-state index contributed by atoms with van der Waals surface area (Å²) in [6.07, 6.45) is 2.14. The van der Waals surface area contributed by atoms with Gasteiger partial charge in [0.15, 0.2) is 0 Å². The molecule has 0 radical (unpaired) electrons. The highest BCUT2D eigenvalue weighted by Gasteiger charge is 2.31. The first kappa shape index (κ1) is 16.0. The van der Waals surface area contributed by atoms with Crippen molar-refractivity contribution in [2.24, 2.45) is 0 Å². The van der Waals surface area contributed by atoms with Gasteiger partial charge in [0.2, 0.25) is 0 Å². The number of carbonyl (C=O) groups is 2. The maximum Gasteiger partial charge on any atom is 0.303 e. The predicted octanol–water partition coefficient (Wildman–Crippen LogP) is 3.41. The molecule has 1 N–H and O–H groups in total. The molecular weight excluding hydrogens is 330 g/mol. The van der Waals surface area contributed by atoms with Crippen molar-refractivity contribution in [3.63, 3.8) is 0 Å². The number of rotatable bonds is 5. The van der Waals surface area contributed by atoms with Crippen LogP contribution in [0.25, 0.3) is 6.08 Å². The topological polar surface area (TPSA) is 57.6 Å². The fraction of sp³-hybridized carbons (Fsp3) is 0.214. The van der Waals surface area contributed by atoms with E-state index >= 15 is 0 Å². The number of hydrogen-bond donors (Lipinski definition) is 1. The summed E-state index contributed by atoms with van der Waals surface area (Å²) < 4.78 is 0.457. The molecule has 4 nitrogen and oxygen atoms in total. The summed E-state index contributed by atoms with van der Waals surface area (Å²) in [5.74, 6) is -1.06. The van der Waals surface area contributed by atoms with Crippen LogP contribution in [0.15, 0.2) is 29.2 Å². The lowest BCUT2D eigenvalue weighted by molar-refractivity contribution is -0.137. The van der Waals surface area contributed by atoms with Crippen LogP contribution in [-0.4, -0.2) is 32.7 Å². The van der Waals surface area contributed by atoms with E-state index < -0.39 is 5.97 Å². The molecule has 0 spiro atoms. The smallest absolute Gasteiger partial charge is 0.303 e. The van der Waals surface area contributed by atoms with Gasteiger partial charge >= 0.3 is 5.97 Å². The Morgan fingerprint density at radius 3 is 2.90 bits per heavy atom. The number of aliphatic carboxylic acids is 1. The van der Waals surface area contributed by atoms with E-state index in [1.807, 2.05) is 12.1 Å². The normalized spacial score (nSPS) is 16.8. The van der Waals surface area contributed by atoms with Gasteiger partial charge < -0.3 is 5.11 Å². The van der Waals surface area contributed by atoms with Crippen LogP contribution in [0.3, 0.4) is 0 Å². The van der Waals surface area contributed by atoms with Crippen LogP contribution in [0.1, 0.15) is 18.4 Å². The molecule has 1 heterocycles. The molecule has 1 aliphatic rings. The van der Waals surface area contributed by atoms with Gasteiger partial charge in [0.05, 0.1) is 4.91 Å². The summed E-state index contributed by atoms with van der Waals surface area (Å²) in [6, 6.07) is 7.18. The molecule has 1 amide bonds. The number of amides is 1. The highest BCUT2D eigenvalue weighted by atomic mass is 35.5. The third kappa shape index (κ3) is 4.30. The summed E-state index contributed by atoms with van der Waals surface area (Å²) >= 11 is 12.3. The molecule has 0 atom stereocenters. The van der Waals surface area contributed by atoms with E-state index in [2.05, 4.69) is 0 Å². The van der Waals surface area contributed by atoms with Gasteiger partial charge in [-0.2, -0.15) is 0 Å². The molecule has 21 heavy (non-hydrogen) atoms. The number of carboxylic acid groups (broad SMARTS) is 1. The third-order valence-electron chi connectivity index (χ3n) is 2.79. The average molecular weight is 342 g/mol. The fourth-order valence-electron chi connectivity index (χ4n) is 1.83. The number of carbonyl (C=O) groups excluding carboxylic acids is 1. The van der Waals surface area contributed by atoms with Crippen LogP contribution in [0.5, 0.6) is 0 Å². The Balaban J connectivity index is 2.08. The van der Waals surface area contributed by atoms with Crippen molar-refractivity contribution < 1.29 is 14.7 Å². The highest BCUT2D eigenvalue weighted by molar-refractivity contribution is 8.26.